The van der Waals surface area contributed by atoms with E-state index in [9.17, 15) is 10.1 Å². The number of rotatable bonds is 3. The molecular weight excluding hydrogens is 232 g/mol. The fraction of sp³-hybridized carbons (Fsp3) is 0.583. The van der Waals surface area contributed by atoms with Gasteiger partial charge >= 0.3 is 0 Å². The molecule has 1 aromatic heterocycles. The Morgan fingerprint density at radius 2 is 2.11 bits per heavy atom. The van der Waals surface area contributed by atoms with Gasteiger partial charge in [-0.05, 0) is 26.7 Å². The summed E-state index contributed by atoms with van der Waals surface area (Å²) in [5, 5.41) is 12.8. The van der Waals surface area contributed by atoms with Crippen molar-refractivity contribution < 1.29 is 4.92 Å². The second-order valence-electron chi connectivity index (χ2n) is 4.80. The highest BCUT2D eigenvalue weighted by molar-refractivity contribution is 5.43. The van der Waals surface area contributed by atoms with Gasteiger partial charge < -0.3 is 5.43 Å². The first-order valence-electron chi connectivity index (χ1n) is 6.23. The maximum absolute atomic E-state index is 10.7. The molecule has 0 spiro atoms. The van der Waals surface area contributed by atoms with Crippen LogP contribution >= 0.6 is 0 Å². The van der Waals surface area contributed by atoms with Crippen molar-refractivity contribution in [2.45, 2.75) is 45.2 Å². The molecule has 0 amide bonds. The molecule has 0 radical (unpaired) electrons. The predicted octanol–water partition coefficient (Wildman–Crippen LogP) is 2.58. The molecule has 0 bridgehead atoms. The maximum atomic E-state index is 10.7. The Kier molecular flexibility index (Phi) is 3.76. The molecule has 2 atom stereocenters. The van der Waals surface area contributed by atoms with Gasteiger partial charge in [0.25, 0.3) is 5.69 Å². The molecule has 1 aliphatic rings. The van der Waals surface area contributed by atoms with Gasteiger partial charge in [-0.2, -0.15) is 0 Å². The molecule has 1 fully saturated rings. The molecule has 98 valence electrons. The lowest BCUT2D eigenvalue weighted by atomic mass is 10.00. The molecule has 1 saturated heterocycles. The van der Waals surface area contributed by atoms with Gasteiger partial charge in [-0.15, -0.1) is 0 Å². The zero-order valence-electron chi connectivity index (χ0n) is 10.7. The first kappa shape index (κ1) is 12.8. The summed E-state index contributed by atoms with van der Waals surface area (Å²) in [5.74, 6) is 0.532. The Hall–Kier alpha value is -1.69. The largest absolute Gasteiger partial charge is 0.302 e. The molecule has 6 heteroatoms. The zero-order valence-corrected chi connectivity index (χ0v) is 10.7. The van der Waals surface area contributed by atoms with Crippen LogP contribution in [0.25, 0.3) is 0 Å². The third-order valence-electron chi connectivity index (χ3n) is 3.39. The lowest BCUT2D eigenvalue weighted by Gasteiger charge is -2.39. The lowest BCUT2D eigenvalue weighted by molar-refractivity contribution is -0.384. The predicted molar refractivity (Wildman–Crippen MR) is 69.1 cm³/mol. The summed E-state index contributed by atoms with van der Waals surface area (Å²) in [6.45, 7) is 4.31. The number of nitrogens with zero attached hydrogens (tertiary/aromatic N) is 3. The molecule has 0 aliphatic carbocycles. The van der Waals surface area contributed by atoms with Gasteiger partial charge in [-0.3, -0.25) is 10.1 Å². The Balaban J connectivity index is 2.12. The van der Waals surface area contributed by atoms with Crippen molar-refractivity contribution in [2.24, 2.45) is 0 Å². The minimum absolute atomic E-state index is 0.0600. The molecule has 1 N–H and O–H groups in total. The average Bonchev–Trinajstić information content (AvgIpc) is 2.34. The van der Waals surface area contributed by atoms with E-state index in [-0.39, 0.29) is 5.69 Å². The number of nitrogens with one attached hydrogen (secondary N) is 1. The second kappa shape index (κ2) is 5.30. The fourth-order valence-corrected chi connectivity index (χ4v) is 2.37. The monoisotopic (exact) mass is 250 g/mol. The van der Waals surface area contributed by atoms with Crippen molar-refractivity contribution in [3.8, 4) is 0 Å². The zero-order chi connectivity index (χ0) is 13.1. The number of hydrogen-bond acceptors (Lipinski definition) is 5. The van der Waals surface area contributed by atoms with Gasteiger partial charge in [0.15, 0.2) is 0 Å². The van der Waals surface area contributed by atoms with E-state index in [0.29, 0.717) is 17.9 Å². The van der Waals surface area contributed by atoms with Gasteiger partial charge in [0, 0.05) is 24.3 Å². The van der Waals surface area contributed by atoms with Crippen LogP contribution in [0.3, 0.4) is 0 Å². The third-order valence-corrected chi connectivity index (χ3v) is 3.39. The maximum Gasteiger partial charge on any atom is 0.274 e. The number of nitro groups is 1. The van der Waals surface area contributed by atoms with E-state index in [1.165, 1.54) is 24.8 Å². The number of hydrazine groups is 1. The van der Waals surface area contributed by atoms with Gasteiger partial charge in [-0.1, -0.05) is 6.42 Å². The van der Waals surface area contributed by atoms with Crippen LogP contribution in [0.15, 0.2) is 18.3 Å². The fourth-order valence-electron chi connectivity index (χ4n) is 2.37. The van der Waals surface area contributed by atoms with E-state index < -0.39 is 4.92 Å². The summed E-state index contributed by atoms with van der Waals surface area (Å²) in [7, 11) is 0. The van der Waals surface area contributed by atoms with E-state index in [4.69, 9.17) is 0 Å². The summed E-state index contributed by atoms with van der Waals surface area (Å²) in [6.07, 6.45) is 4.95. The SMILES string of the molecule is CC1CCCC(C)N1Nc1cc([N+](=O)[O-])ccn1. The second-order valence-corrected chi connectivity index (χ2v) is 4.80. The molecule has 1 aliphatic heterocycles. The Labute approximate surface area is 106 Å². The van der Waals surface area contributed by atoms with Crippen LogP contribution in [-0.4, -0.2) is 27.0 Å². The summed E-state index contributed by atoms with van der Waals surface area (Å²) in [4.78, 5) is 14.4. The highest BCUT2D eigenvalue weighted by atomic mass is 16.6. The number of anilines is 1. The van der Waals surface area contributed by atoms with E-state index in [1.54, 1.807) is 0 Å². The van der Waals surface area contributed by atoms with Crippen molar-refractivity contribution in [2.75, 3.05) is 5.43 Å². The van der Waals surface area contributed by atoms with Crippen LogP contribution in [0.5, 0.6) is 0 Å². The van der Waals surface area contributed by atoms with E-state index in [0.717, 1.165) is 12.8 Å². The molecular formula is C12H18N4O2. The van der Waals surface area contributed by atoms with Crippen LogP contribution in [0, 0.1) is 10.1 Å². The highest BCUT2D eigenvalue weighted by Crippen LogP contribution is 2.23. The van der Waals surface area contributed by atoms with Gasteiger partial charge in [0.05, 0.1) is 11.0 Å². The van der Waals surface area contributed by atoms with Gasteiger partial charge in [-0.25, -0.2) is 9.99 Å². The van der Waals surface area contributed by atoms with Crippen LogP contribution < -0.4 is 5.43 Å². The Bertz CT molecular complexity index is 428. The van der Waals surface area contributed by atoms with Crippen molar-refractivity contribution in [1.29, 1.82) is 0 Å². The topological polar surface area (TPSA) is 71.3 Å². The standard InChI is InChI=1S/C12H18N4O2/c1-9-4-3-5-10(2)15(9)14-12-8-11(16(17)18)6-7-13-12/h6-10H,3-5H2,1-2H3,(H,13,14). The van der Waals surface area contributed by atoms with Gasteiger partial charge in [0.2, 0.25) is 0 Å². The summed E-state index contributed by atoms with van der Waals surface area (Å²) >= 11 is 0. The summed E-state index contributed by atoms with van der Waals surface area (Å²) in [5.41, 5.74) is 3.25. The Morgan fingerprint density at radius 1 is 1.44 bits per heavy atom. The molecule has 0 aromatic carbocycles. The lowest BCUT2D eigenvalue weighted by Crippen LogP contribution is -2.47. The van der Waals surface area contributed by atoms with Crippen molar-refractivity contribution in [1.82, 2.24) is 9.99 Å². The smallest absolute Gasteiger partial charge is 0.274 e. The molecule has 1 aromatic rings. The van der Waals surface area contributed by atoms with Crippen LogP contribution in [0.1, 0.15) is 33.1 Å². The van der Waals surface area contributed by atoms with E-state index in [1.807, 2.05) is 0 Å². The average molecular weight is 250 g/mol. The molecule has 2 unspecified atom stereocenters. The summed E-state index contributed by atoms with van der Waals surface area (Å²) < 4.78 is 0. The minimum atomic E-state index is -0.407. The highest BCUT2D eigenvalue weighted by Gasteiger charge is 2.25. The normalized spacial score (nSPS) is 24.8. The molecule has 0 saturated carbocycles. The van der Waals surface area contributed by atoms with Crippen molar-refractivity contribution >= 4 is 11.5 Å². The van der Waals surface area contributed by atoms with Crippen molar-refractivity contribution in [3.63, 3.8) is 0 Å². The number of hydrogen-bond donors (Lipinski definition) is 1. The third kappa shape index (κ3) is 2.76. The number of aromatic nitrogens is 1. The van der Waals surface area contributed by atoms with Gasteiger partial charge in [0.1, 0.15) is 5.82 Å². The summed E-state index contributed by atoms with van der Waals surface area (Å²) in [6, 6.07) is 3.69. The van der Waals surface area contributed by atoms with Crippen LogP contribution in [0.2, 0.25) is 0 Å². The molecule has 18 heavy (non-hydrogen) atoms. The molecule has 2 heterocycles. The van der Waals surface area contributed by atoms with Crippen LogP contribution in [0.4, 0.5) is 11.5 Å². The number of pyridine rings is 1. The van der Waals surface area contributed by atoms with E-state index in [2.05, 4.69) is 29.3 Å². The molecule has 6 nitrogen and oxygen atoms in total. The Morgan fingerprint density at radius 3 is 2.72 bits per heavy atom. The van der Waals surface area contributed by atoms with E-state index >= 15 is 0 Å². The quantitative estimate of drug-likeness (QED) is 0.659. The number of piperidine rings is 1. The van der Waals surface area contributed by atoms with Crippen LogP contribution in [-0.2, 0) is 0 Å². The first-order chi connectivity index (χ1) is 8.58. The van der Waals surface area contributed by atoms with Crippen molar-refractivity contribution in [3.05, 3.63) is 28.4 Å². The first-order valence-corrected chi connectivity index (χ1v) is 6.23. The molecule has 2 rings (SSSR count). The minimum Gasteiger partial charge on any atom is -0.302 e.